The number of anilines is 1. The van der Waals surface area contributed by atoms with Gasteiger partial charge in [-0.05, 0) is 6.42 Å². The van der Waals surface area contributed by atoms with Crippen molar-refractivity contribution in [3.05, 3.63) is 26.4 Å². The average Bonchev–Trinajstić information content (AvgIpc) is 3.02. The van der Waals surface area contributed by atoms with Gasteiger partial charge >= 0.3 is 4.87 Å². The van der Waals surface area contributed by atoms with Crippen LogP contribution >= 0.6 is 11.3 Å². The van der Waals surface area contributed by atoms with Crippen LogP contribution < -0.4 is 10.6 Å². The van der Waals surface area contributed by atoms with Gasteiger partial charge in [-0.15, -0.1) is 0 Å². The average molecular weight is 292 g/mol. The van der Waals surface area contributed by atoms with Crippen LogP contribution in [0.5, 0.6) is 0 Å². The van der Waals surface area contributed by atoms with E-state index in [-0.39, 0.29) is 4.87 Å². The molecule has 3 heterocycles. The monoisotopic (exact) mass is 292 g/mol. The molecule has 0 unspecified atom stereocenters. The molecule has 3 aromatic rings. The van der Waals surface area contributed by atoms with Crippen LogP contribution in [0.4, 0.5) is 5.95 Å². The topological polar surface area (TPSA) is 94.5 Å². The number of hydrogen-bond acceptors (Lipinski definition) is 5. The van der Waals surface area contributed by atoms with Gasteiger partial charge in [-0.1, -0.05) is 24.7 Å². The Kier molecular flexibility index (Phi) is 3.09. The lowest BCUT2D eigenvalue weighted by atomic mass is 10.2. The van der Waals surface area contributed by atoms with Gasteiger partial charge in [0.15, 0.2) is 5.65 Å². The number of aromatic amines is 1. The normalized spacial score (nSPS) is 11.5. The highest BCUT2D eigenvalue weighted by atomic mass is 32.1. The summed E-state index contributed by atoms with van der Waals surface area (Å²) >= 11 is 1.15. The zero-order valence-electron chi connectivity index (χ0n) is 11.4. The molecule has 0 amide bonds. The number of nitrogen functional groups attached to an aromatic ring is 1. The molecule has 0 bridgehead atoms. The molecule has 0 radical (unpaired) electrons. The summed E-state index contributed by atoms with van der Waals surface area (Å²) in [5.74, 6) is 0.442. The molecule has 0 aliphatic heterocycles. The highest BCUT2D eigenvalue weighted by Crippen LogP contribution is 2.22. The molecule has 3 rings (SSSR count). The SMILES string of the molecule is CCCc1nn(C)c2c1nc(N)n2Cc1csc(=O)[nH]1. The second kappa shape index (κ2) is 4.78. The van der Waals surface area contributed by atoms with E-state index in [1.54, 1.807) is 10.1 Å². The predicted molar refractivity (Wildman–Crippen MR) is 78.9 cm³/mol. The lowest BCUT2D eigenvalue weighted by Crippen LogP contribution is -2.09. The van der Waals surface area contributed by atoms with E-state index in [1.807, 2.05) is 11.6 Å². The van der Waals surface area contributed by atoms with Crippen LogP contribution in [0, 0.1) is 0 Å². The fourth-order valence-corrected chi connectivity index (χ4v) is 2.95. The molecule has 106 valence electrons. The van der Waals surface area contributed by atoms with Gasteiger partial charge in [-0.3, -0.25) is 14.0 Å². The maximum atomic E-state index is 11.2. The minimum absolute atomic E-state index is 0.0633. The number of imidazole rings is 1. The zero-order chi connectivity index (χ0) is 14.3. The third-order valence-corrected chi connectivity index (χ3v) is 3.93. The van der Waals surface area contributed by atoms with Crippen LogP contribution in [0.3, 0.4) is 0 Å². The molecule has 0 atom stereocenters. The van der Waals surface area contributed by atoms with Crippen molar-refractivity contribution in [3.63, 3.8) is 0 Å². The number of H-pyrrole nitrogens is 1. The second-order valence-electron chi connectivity index (χ2n) is 4.72. The summed E-state index contributed by atoms with van der Waals surface area (Å²) in [5, 5.41) is 6.30. The number of aromatic nitrogens is 5. The molecule has 0 saturated carbocycles. The molecule has 20 heavy (non-hydrogen) atoms. The fraction of sp³-hybridized carbons (Fsp3) is 0.417. The molecular formula is C12H16N6OS. The standard InChI is InChI=1S/C12H16N6OS/c1-3-4-8-9-10(17(2)16-8)18(11(13)15-9)5-7-6-20-12(19)14-7/h6H,3-5H2,1-2H3,(H2,13,15)(H,14,19). The first-order valence-electron chi connectivity index (χ1n) is 6.44. The van der Waals surface area contributed by atoms with Crippen molar-refractivity contribution >= 4 is 28.4 Å². The van der Waals surface area contributed by atoms with Crippen molar-refractivity contribution < 1.29 is 0 Å². The molecule has 0 saturated heterocycles. The van der Waals surface area contributed by atoms with E-state index in [1.165, 1.54) is 0 Å². The van der Waals surface area contributed by atoms with E-state index in [2.05, 4.69) is 22.0 Å². The molecule has 8 heteroatoms. The number of hydrogen-bond donors (Lipinski definition) is 2. The predicted octanol–water partition coefficient (Wildman–Crippen LogP) is 1.10. The van der Waals surface area contributed by atoms with E-state index in [9.17, 15) is 4.79 Å². The van der Waals surface area contributed by atoms with Gasteiger partial charge in [-0.2, -0.15) is 5.10 Å². The van der Waals surface area contributed by atoms with Crippen LogP contribution in [-0.2, 0) is 20.0 Å². The summed E-state index contributed by atoms with van der Waals surface area (Å²) in [6.45, 7) is 2.60. The third kappa shape index (κ3) is 2.01. The zero-order valence-corrected chi connectivity index (χ0v) is 12.2. The first-order valence-corrected chi connectivity index (χ1v) is 7.32. The van der Waals surface area contributed by atoms with Crippen molar-refractivity contribution in [2.45, 2.75) is 26.3 Å². The number of rotatable bonds is 4. The molecular weight excluding hydrogens is 276 g/mol. The van der Waals surface area contributed by atoms with Crippen LogP contribution in [0.2, 0.25) is 0 Å². The lowest BCUT2D eigenvalue weighted by Gasteiger charge is -2.04. The first kappa shape index (κ1) is 12.9. The third-order valence-electron chi connectivity index (χ3n) is 3.21. The summed E-state index contributed by atoms with van der Waals surface area (Å²) < 4.78 is 3.67. The van der Waals surface area contributed by atoms with Crippen molar-refractivity contribution in [2.24, 2.45) is 7.05 Å². The van der Waals surface area contributed by atoms with Crippen LogP contribution in [0.25, 0.3) is 11.2 Å². The Hall–Kier alpha value is -2.09. The highest BCUT2D eigenvalue weighted by molar-refractivity contribution is 7.07. The Morgan fingerprint density at radius 2 is 2.30 bits per heavy atom. The smallest absolute Gasteiger partial charge is 0.304 e. The van der Waals surface area contributed by atoms with Crippen LogP contribution in [-0.4, -0.2) is 24.3 Å². The van der Waals surface area contributed by atoms with E-state index in [0.717, 1.165) is 46.7 Å². The van der Waals surface area contributed by atoms with Crippen molar-refractivity contribution in [1.29, 1.82) is 0 Å². The Bertz CT molecular complexity index is 808. The number of fused-ring (bicyclic) bond motifs is 1. The fourth-order valence-electron chi connectivity index (χ4n) is 2.38. The molecule has 7 nitrogen and oxygen atoms in total. The minimum Gasteiger partial charge on any atom is -0.369 e. The lowest BCUT2D eigenvalue weighted by molar-refractivity contribution is 0.707. The van der Waals surface area contributed by atoms with E-state index < -0.39 is 0 Å². The summed E-state index contributed by atoms with van der Waals surface area (Å²) in [6, 6.07) is 0. The minimum atomic E-state index is -0.0633. The molecule has 3 N–H and O–H groups in total. The van der Waals surface area contributed by atoms with Crippen LogP contribution in [0.1, 0.15) is 24.7 Å². The van der Waals surface area contributed by atoms with E-state index in [0.29, 0.717) is 12.5 Å². The van der Waals surface area contributed by atoms with E-state index >= 15 is 0 Å². The maximum Gasteiger partial charge on any atom is 0.304 e. The summed E-state index contributed by atoms with van der Waals surface area (Å²) in [6.07, 6.45) is 1.89. The van der Waals surface area contributed by atoms with Gasteiger partial charge in [0.05, 0.1) is 12.2 Å². The summed E-state index contributed by atoms with van der Waals surface area (Å²) in [7, 11) is 1.88. The molecule has 0 spiro atoms. The van der Waals surface area contributed by atoms with Gasteiger partial charge in [0, 0.05) is 18.1 Å². The number of nitrogens with zero attached hydrogens (tertiary/aromatic N) is 4. The first-order chi connectivity index (χ1) is 9.60. The Morgan fingerprint density at radius 3 is 2.95 bits per heavy atom. The van der Waals surface area contributed by atoms with Crippen molar-refractivity contribution in [2.75, 3.05) is 5.73 Å². The van der Waals surface area contributed by atoms with Gasteiger partial charge < -0.3 is 10.7 Å². The van der Waals surface area contributed by atoms with Crippen molar-refractivity contribution in [3.8, 4) is 0 Å². The molecule has 0 fully saturated rings. The Morgan fingerprint density at radius 1 is 1.50 bits per heavy atom. The molecule has 3 aromatic heterocycles. The number of aryl methyl sites for hydroxylation is 2. The molecule has 0 aliphatic rings. The highest BCUT2D eigenvalue weighted by Gasteiger charge is 2.17. The van der Waals surface area contributed by atoms with Gasteiger partial charge in [0.2, 0.25) is 5.95 Å². The van der Waals surface area contributed by atoms with Crippen LogP contribution in [0.15, 0.2) is 10.2 Å². The Balaban J connectivity index is 2.10. The second-order valence-corrected chi connectivity index (χ2v) is 5.56. The maximum absolute atomic E-state index is 11.2. The van der Waals surface area contributed by atoms with Gasteiger partial charge in [-0.25, -0.2) is 4.98 Å². The quantitative estimate of drug-likeness (QED) is 0.753. The summed E-state index contributed by atoms with van der Waals surface area (Å²) in [5.41, 5.74) is 9.54. The van der Waals surface area contributed by atoms with E-state index in [4.69, 9.17) is 5.73 Å². The van der Waals surface area contributed by atoms with Gasteiger partial charge in [0.1, 0.15) is 5.52 Å². The number of nitrogens with two attached hydrogens (primary N) is 1. The number of nitrogens with one attached hydrogen (secondary N) is 1. The molecule has 0 aromatic carbocycles. The molecule has 0 aliphatic carbocycles. The van der Waals surface area contributed by atoms with Crippen molar-refractivity contribution in [1.82, 2.24) is 24.3 Å². The summed E-state index contributed by atoms with van der Waals surface area (Å²) in [4.78, 5) is 18.4. The Labute approximate surface area is 119 Å². The number of thiazole rings is 1. The van der Waals surface area contributed by atoms with Gasteiger partial charge in [0.25, 0.3) is 0 Å². The largest absolute Gasteiger partial charge is 0.369 e.